The molecule has 0 amide bonds. The quantitative estimate of drug-likeness (QED) is 0.852. The topological polar surface area (TPSA) is 47.1 Å². The molecule has 1 heterocycles. The molecule has 0 saturated carbocycles. The zero-order valence-corrected chi connectivity index (χ0v) is 9.32. The second-order valence-electron chi connectivity index (χ2n) is 3.39. The third kappa shape index (κ3) is 3.36. The maximum Gasteiger partial charge on any atom is 0.387 e. The highest BCUT2D eigenvalue weighted by molar-refractivity contribution is 5.63. The van der Waals surface area contributed by atoms with Crippen LogP contribution < -0.4 is 9.47 Å². The van der Waals surface area contributed by atoms with Crippen molar-refractivity contribution in [3.8, 4) is 22.8 Å². The molecule has 2 aromatic rings. The molecule has 0 fully saturated rings. The first-order chi connectivity index (χ1) is 9.06. The fourth-order valence-electron chi connectivity index (χ4n) is 1.47. The summed E-state index contributed by atoms with van der Waals surface area (Å²) in [5, 5.41) is 6.31. The van der Waals surface area contributed by atoms with Crippen LogP contribution >= 0.6 is 0 Å². The predicted molar refractivity (Wildman–Crippen MR) is 57.3 cm³/mol. The molecule has 19 heavy (non-hydrogen) atoms. The van der Waals surface area contributed by atoms with Crippen molar-refractivity contribution in [2.45, 2.75) is 13.2 Å². The van der Waals surface area contributed by atoms with Gasteiger partial charge in [-0.15, -0.1) is 0 Å². The molecule has 2 rings (SSSR count). The van der Waals surface area contributed by atoms with Gasteiger partial charge in [-0.3, -0.25) is 5.10 Å². The summed E-state index contributed by atoms with van der Waals surface area (Å²) in [5.74, 6) is -0.930. The van der Waals surface area contributed by atoms with Crippen LogP contribution in [-0.4, -0.2) is 23.4 Å². The molecular weight excluding hydrogens is 268 g/mol. The molecule has 0 radical (unpaired) electrons. The van der Waals surface area contributed by atoms with Gasteiger partial charge in [-0.25, -0.2) is 0 Å². The fraction of sp³-hybridized carbons (Fsp3) is 0.182. The Morgan fingerprint density at radius 1 is 0.947 bits per heavy atom. The van der Waals surface area contributed by atoms with E-state index < -0.39 is 24.7 Å². The molecule has 0 saturated heterocycles. The molecule has 0 bridgehead atoms. The molecule has 0 unspecified atom stereocenters. The largest absolute Gasteiger partial charge is 0.431 e. The summed E-state index contributed by atoms with van der Waals surface area (Å²) in [5.41, 5.74) is 0.984. The Balaban J connectivity index is 2.35. The maximum absolute atomic E-state index is 12.2. The van der Waals surface area contributed by atoms with Crippen molar-refractivity contribution in [1.29, 1.82) is 0 Å². The van der Waals surface area contributed by atoms with Gasteiger partial charge in [-0.05, 0) is 24.3 Å². The van der Waals surface area contributed by atoms with Crippen molar-refractivity contribution >= 4 is 0 Å². The fourth-order valence-corrected chi connectivity index (χ4v) is 1.47. The first kappa shape index (κ1) is 13.2. The van der Waals surface area contributed by atoms with Gasteiger partial charge >= 0.3 is 13.2 Å². The Hall–Kier alpha value is -2.25. The van der Waals surface area contributed by atoms with Crippen molar-refractivity contribution in [3.63, 3.8) is 0 Å². The number of halogens is 4. The van der Waals surface area contributed by atoms with Gasteiger partial charge in [-0.2, -0.15) is 22.7 Å². The molecule has 1 aromatic carbocycles. The molecule has 1 N–H and O–H groups in total. The van der Waals surface area contributed by atoms with Crippen molar-refractivity contribution < 1.29 is 27.0 Å². The van der Waals surface area contributed by atoms with Crippen LogP contribution in [0.3, 0.4) is 0 Å². The molecule has 0 aliphatic heterocycles. The van der Waals surface area contributed by atoms with Crippen LogP contribution in [0.2, 0.25) is 0 Å². The minimum atomic E-state index is -3.14. The predicted octanol–water partition coefficient (Wildman–Crippen LogP) is 3.28. The monoisotopic (exact) mass is 276 g/mol. The van der Waals surface area contributed by atoms with Gasteiger partial charge < -0.3 is 9.47 Å². The van der Waals surface area contributed by atoms with E-state index in [2.05, 4.69) is 19.7 Å². The van der Waals surface area contributed by atoms with Gasteiger partial charge in [-0.1, -0.05) is 0 Å². The lowest BCUT2D eigenvalue weighted by Crippen LogP contribution is -2.07. The van der Waals surface area contributed by atoms with Crippen molar-refractivity contribution in [3.05, 3.63) is 30.5 Å². The zero-order valence-electron chi connectivity index (χ0n) is 9.32. The molecule has 0 aliphatic carbocycles. The Kier molecular flexibility index (Phi) is 3.88. The van der Waals surface area contributed by atoms with Crippen LogP contribution in [0.5, 0.6) is 11.5 Å². The van der Waals surface area contributed by atoms with Gasteiger partial charge in [0.25, 0.3) is 0 Å². The van der Waals surface area contributed by atoms with E-state index in [1.165, 1.54) is 12.3 Å². The standard InChI is InChI=1S/C11H8F4N2O2/c12-10(13)18-8-2-1-6(7-3-4-16-17-7)5-9(8)19-11(14)15/h1-5,10-11H,(H,16,17). The highest BCUT2D eigenvalue weighted by Crippen LogP contribution is 2.34. The number of benzene rings is 1. The lowest BCUT2D eigenvalue weighted by atomic mass is 10.1. The number of H-pyrrole nitrogens is 1. The normalized spacial score (nSPS) is 11.1. The van der Waals surface area contributed by atoms with Gasteiger partial charge in [0.05, 0.1) is 5.69 Å². The third-order valence-corrected chi connectivity index (χ3v) is 2.19. The van der Waals surface area contributed by atoms with Gasteiger partial charge in [0.15, 0.2) is 11.5 Å². The SMILES string of the molecule is FC(F)Oc1ccc(-c2ccn[nH]2)cc1OC(F)F. The lowest BCUT2D eigenvalue weighted by Gasteiger charge is -2.12. The van der Waals surface area contributed by atoms with Crippen molar-refractivity contribution in [1.82, 2.24) is 10.2 Å². The zero-order chi connectivity index (χ0) is 13.8. The first-order valence-corrected chi connectivity index (χ1v) is 5.09. The molecule has 0 aliphatic rings. The number of nitrogens with zero attached hydrogens (tertiary/aromatic N) is 1. The van der Waals surface area contributed by atoms with Crippen molar-refractivity contribution in [2.24, 2.45) is 0 Å². The average molecular weight is 276 g/mol. The van der Waals surface area contributed by atoms with Crippen LogP contribution in [-0.2, 0) is 0 Å². The number of aromatic amines is 1. The number of nitrogens with one attached hydrogen (secondary N) is 1. The maximum atomic E-state index is 12.2. The Bertz CT molecular complexity index is 531. The number of ether oxygens (including phenoxy) is 2. The number of rotatable bonds is 5. The smallest absolute Gasteiger partial charge is 0.387 e. The summed E-state index contributed by atoms with van der Waals surface area (Å²) in [6.45, 7) is -6.27. The van der Waals surface area contributed by atoms with Crippen molar-refractivity contribution in [2.75, 3.05) is 0 Å². The summed E-state index contributed by atoms with van der Waals surface area (Å²) in [6.07, 6.45) is 1.46. The van der Waals surface area contributed by atoms with Crippen LogP contribution in [0.1, 0.15) is 0 Å². The highest BCUT2D eigenvalue weighted by Gasteiger charge is 2.16. The van der Waals surface area contributed by atoms with E-state index in [9.17, 15) is 17.6 Å². The third-order valence-electron chi connectivity index (χ3n) is 2.19. The molecule has 1 aromatic heterocycles. The average Bonchev–Trinajstić information content (AvgIpc) is 2.83. The van der Waals surface area contributed by atoms with Gasteiger partial charge in [0.1, 0.15) is 0 Å². The van der Waals surface area contributed by atoms with E-state index in [0.29, 0.717) is 11.3 Å². The van der Waals surface area contributed by atoms with E-state index in [0.717, 1.165) is 12.1 Å². The van der Waals surface area contributed by atoms with E-state index in [-0.39, 0.29) is 0 Å². The Morgan fingerprint density at radius 2 is 1.63 bits per heavy atom. The number of alkyl halides is 4. The number of hydrogen-bond donors (Lipinski definition) is 1. The lowest BCUT2D eigenvalue weighted by molar-refractivity contribution is -0.0692. The van der Waals surface area contributed by atoms with E-state index in [1.54, 1.807) is 6.07 Å². The second-order valence-corrected chi connectivity index (χ2v) is 3.39. The van der Waals surface area contributed by atoms with E-state index in [4.69, 9.17) is 0 Å². The summed E-state index contributed by atoms with van der Waals surface area (Å²) >= 11 is 0. The number of aromatic nitrogens is 2. The summed E-state index contributed by atoms with van der Waals surface area (Å²) in [6, 6.07) is 5.30. The Labute approximate surface area is 105 Å². The van der Waals surface area contributed by atoms with Gasteiger partial charge in [0, 0.05) is 11.8 Å². The first-order valence-electron chi connectivity index (χ1n) is 5.09. The van der Waals surface area contributed by atoms with Crippen LogP contribution in [0.25, 0.3) is 11.3 Å². The minimum absolute atomic E-state index is 0.453. The summed E-state index contributed by atoms with van der Waals surface area (Å²) in [4.78, 5) is 0. The highest BCUT2D eigenvalue weighted by atomic mass is 19.3. The van der Waals surface area contributed by atoms with E-state index >= 15 is 0 Å². The van der Waals surface area contributed by atoms with Crippen LogP contribution in [0.4, 0.5) is 17.6 Å². The molecule has 4 nitrogen and oxygen atoms in total. The van der Waals surface area contributed by atoms with Crippen LogP contribution in [0.15, 0.2) is 30.5 Å². The Morgan fingerprint density at radius 3 is 2.21 bits per heavy atom. The van der Waals surface area contributed by atoms with Crippen LogP contribution in [0, 0.1) is 0 Å². The second kappa shape index (κ2) is 5.59. The minimum Gasteiger partial charge on any atom is -0.431 e. The molecule has 0 spiro atoms. The summed E-state index contributed by atoms with van der Waals surface area (Å²) in [7, 11) is 0. The molecule has 102 valence electrons. The molecule has 8 heteroatoms. The van der Waals surface area contributed by atoms with Gasteiger partial charge in [0.2, 0.25) is 0 Å². The molecular formula is C11H8F4N2O2. The molecule has 0 atom stereocenters. The number of hydrogen-bond acceptors (Lipinski definition) is 3. The summed E-state index contributed by atoms with van der Waals surface area (Å²) < 4.78 is 57.0. The van der Waals surface area contributed by atoms with E-state index in [1.807, 2.05) is 0 Å².